The molecule has 0 saturated carbocycles. The highest BCUT2D eigenvalue weighted by Crippen LogP contribution is 2.04. The van der Waals surface area contributed by atoms with E-state index in [4.69, 9.17) is 9.84 Å². The normalized spacial score (nSPS) is 17.8. The fourth-order valence-electron chi connectivity index (χ4n) is 0.311. The van der Waals surface area contributed by atoms with E-state index in [9.17, 15) is 0 Å². The van der Waals surface area contributed by atoms with Crippen molar-refractivity contribution in [2.45, 2.75) is 0 Å². The maximum atomic E-state index is 8.19. The van der Waals surface area contributed by atoms with Gasteiger partial charge in [-0.1, -0.05) is 0 Å². The van der Waals surface area contributed by atoms with Crippen molar-refractivity contribution in [2.24, 2.45) is 0 Å². The predicted molar refractivity (Wildman–Crippen MR) is 21.1 cm³/mol. The summed E-state index contributed by atoms with van der Waals surface area (Å²) in [5.74, 6) is 0.704. The van der Waals surface area contributed by atoms with Crippen LogP contribution in [-0.2, 0) is 4.74 Å². The van der Waals surface area contributed by atoms with Crippen molar-refractivity contribution in [1.29, 1.82) is 0 Å². The van der Waals surface area contributed by atoms with Gasteiger partial charge in [-0.2, -0.15) is 0 Å². The van der Waals surface area contributed by atoms with Crippen LogP contribution in [-0.4, -0.2) is 18.3 Å². The van der Waals surface area contributed by atoms with E-state index in [0.29, 0.717) is 12.4 Å². The van der Waals surface area contributed by atoms with Crippen LogP contribution in [0.2, 0.25) is 0 Å². The highest BCUT2D eigenvalue weighted by atomic mass is 16.5. The summed E-state index contributed by atoms with van der Waals surface area (Å²) in [7, 11) is 0. The smallest absolute Gasteiger partial charge is 0.121 e. The summed E-state index contributed by atoms with van der Waals surface area (Å²) >= 11 is 0. The number of hydrogen-bond donors (Lipinski definition) is 1. The third-order valence-electron chi connectivity index (χ3n) is 0.736. The van der Waals surface area contributed by atoms with Crippen LogP contribution in [0, 0.1) is 0 Å². The topological polar surface area (TPSA) is 29.5 Å². The van der Waals surface area contributed by atoms with E-state index in [1.165, 1.54) is 0 Å². The number of aliphatic hydroxyl groups excluding tert-OH is 1. The molecule has 0 aromatic heterocycles. The van der Waals surface area contributed by atoms with Crippen LogP contribution in [0.3, 0.4) is 0 Å². The molecule has 1 rings (SSSR count). The quantitative estimate of drug-likeness (QED) is 0.482. The highest BCUT2D eigenvalue weighted by molar-refractivity contribution is 5.00. The van der Waals surface area contributed by atoms with Crippen LogP contribution in [0.4, 0.5) is 0 Å². The van der Waals surface area contributed by atoms with E-state index < -0.39 is 0 Å². The van der Waals surface area contributed by atoms with Gasteiger partial charge in [0.25, 0.3) is 0 Å². The Labute approximate surface area is 36.0 Å². The molecular formula is C4H6O2. The molecule has 1 aliphatic rings. The van der Waals surface area contributed by atoms with E-state index in [0.717, 1.165) is 0 Å². The Morgan fingerprint density at radius 3 is 2.67 bits per heavy atom. The second-order valence-electron chi connectivity index (χ2n) is 1.14. The SMILES string of the molecule is OCC1=CCO1. The third kappa shape index (κ3) is 0.389. The van der Waals surface area contributed by atoms with Crippen LogP contribution in [0.15, 0.2) is 11.8 Å². The minimum Gasteiger partial charge on any atom is -0.491 e. The van der Waals surface area contributed by atoms with Crippen molar-refractivity contribution in [3.63, 3.8) is 0 Å². The number of aliphatic hydroxyl groups is 1. The largest absolute Gasteiger partial charge is 0.491 e. The molecule has 0 aromatic rings. The van der Waals surface area contributed by atoms with Crippen molar-refractivity contribution < 1.29 is 9.84 Å². The molecule has 0 radical (unpaired) electrons. The predicted octanol–water partition coefficient (Wildman–Crippen LogP) is -0.107. The van der Waals surface area contributed by atoms with Crippen molar-refractivity contribution in [3.8, 4) is 0 Å². The Hall–Kier alpha value is -0.500. The van der Waals surface area contributed by atoms with Gasteiger partial charge in [0, 0.05) is 0 Å². The average Bonchev–Trinajstić information content (AvgIpc) is 1.31. The number of hydrogen-bond acceptors (Lipinski definition) is 2. The van der Waals surface area contributed by atoms with Gasteiger partial charge in [0.2, 0.25) is 0 Å². The maximum Gasteiger partial charge on any atom is 0.121 e. The van der Waals surface area contributed by atoms with Gasteiger partial charge in [-0.25, -0.2) is 0 Å². The van der Waals surface area contributed by atoms with E-state index in [-0.39, 0.29) is 6.61 Å². The second-order valence-corrected chi connectivity index (χ2v) is 1.14. The third-order valence-corrected chi connectivity index (χ3v) is 0.736. The Bertz CT molecular complexity index is 75.6. The summed E-state index contributed by atoms with van der Waals surface area (Å²) in [6.45, 7) is 0.732. The van der Waals surface area contributed by atoms with Crippen molar-refractivity contribution in [2.75, 3.05) is 13.2 Å². The molecule has 0 bridgehead atoms. The standard InChI is InChI=1S/C4H6O2/c5-3-4-1-2-6-4/h1,5H,2-3H2. The molecule has 1 heterocycles. The Morgan fingerprint density at radius 2 is 2.67 bits per heavy atom. The van der Waals surface area contributed by atoms with Crippen LogP contribution < -0.4 is 0 Å². The zero-order valence-corrected chi connectivity index (χ0v) is 3.35. The molecule has 0 unspecified atom stereocenters. The van der Waals surface area contributed by atoms with Gasteiger partial charge >= 0.3 is 0 Å². The molecule has 2 nitrogen and oxygen atoms in total. The summed E-state index contributed by atoms with van der Waals surface area (Å²) in [5.41, 5.74) is 0. The van der Waals surface area contributed by atoms with Crippen LogP contribution in [0.1, 0.15) is 0 Å². The average molecular weight is 86.1 g/mol. The van der Waals surface area contributed by atoms with Crippen molar-refractivity contribution in [1.82, 2.24) is 0 Å². The van der Waals surface area contributed by atoms with E-state index in [2.05, 4.69) is 0 Å². The molecule has 0 aliphatic carbocycles. The van der Waals surface area contributed by atoms with Crippen LogP contribution in [0.25, 0.3) is 0 Å². The van der Waals surface area contributed by atoms with Gasteiger partial charge in [-0.15, -0.1) is 0 Å². The Kier molecular flexibility index (Phi) is 0.801. The molecule has 2 heteroatoms. The van der Waals surface area contributed by atoms with Gasteiger partial charge in [0.05, 0.1) is 0 Å². The molecule has 34 valence electrons. The maximum absolute atomic E-state index is 8.19. The lowest BCUT2D eigenvalue weighted by Crippen LogP contribution is -2.07. The lowest BCUT2D eigenvalue weighted by Gasteiger charge is -2.12. The molecule has 1 aliphatic heterocycles. The molecular weight excluding hydrogens is 80.0 g/mol. The fourth-order valence-corrected chi connectivity index (χ4v) is 0.311. The first-order chi connectivity index (χ1) is 2.93. The summed E-state index contributed by atoms with van der Waals surface area (Å²) < 4.78 is 4.69. The number of rotatable bonds is 1. The highest BCUT2D eigenvalue weighted by Gasteiger charge is 2.01. The van der Waals surface area contributed by atoms with Crippen molar-refractivity contribution in [3.05, 3.63) is 11.8 Å². The minimum atomic E-state index is 0.0556. The van der Waals surface area contributed by atoms with Crippen molar-refractivity contribution >= 4 is 0 Å². The Balaban J connectivity index is 2.32. The minimum absolute atomic E-state index is 0.0556. The van der Waals surface area contributed by atoms with Gasteiger partial charge in [-0.3, -0.25) is 0 Å². The molecule has 1 N–H and O–H groups in total. The molecule has 0 fully saturated rings. The first-order valence-electron chi connectivity index (χ1n) is 1.86. The summed E-state index contributed by atoms with van der Waals surface area (Å²) in [6, 6.07) is 0. The van der Waals surface area contributed by atoms with E-state index in [1.54, 1.807) is 0 Å². The van der Waals surface area contributed by atoms with Gasteiger partial charge in [0.1, 0.15) is 19.0 Å². The molecule has 0 spiro atoms. The molecule has 0 saturated heterocycles. The van der Waals surface area contributed by atoms with Crippen LogP contribution in [0.5, 0.6) is 0 Å². The van der Waals surface area contributed by atoms with E-state index >= 15 is 0 Å². The zero-order valence-electron chi connectivity index (χ0n) is 3.35. The lowest BCUT2D eigenvalue weighted by atomic mass is 10.4. The summed E-state index contributed by atoms with van der Waals surface area (Å²) in [6.07, 6.45) is 1.85. The first kappa shape index (κ1) is 3.68. The molecule has 0 atom stereocenters. The van der Waals surface area contributed by atoms with Gasteiger partial charge in [0.15, 0.2) is 0 Å². The lowest BCUT2D eigenvalue weighted by molar-refractivity contribution is 0.143. The van der Waals surface area contributed by atoms with Crippen LogP contribution >= 0.6 is 0 Å². The summed E-state index contributed by atoms with van der Waals surface area (Å²) in [4.78, 5) is 0. The monoisotopic (exact) mass is 86.0 g/mol. The van der Waals surface area contributed by atoms with Gasteiger partial charge in [-0.05, 0) is 6.08 Å². The number of ether oxygens (including phenoxy) is 1. The molecule has 0 amide bonds. The molecule has 0 aromatic carbocycles. The fraction of sp³-hybridized carbons (Fsp3) is 0.500. The zero-order chi connectivity index (χ0) is 4.41. The Morgan fingerprint density at radius 1 is 2.00 bits per heavy atom. The summed E-state index contributed by atoms with van der Waals surface area (Å²) in [5, 5.41) is 8.19. The van der Waals surface area contributed by atoms with E-state index in [1.807, 2.05) is 6.08 Å². The first-order valence-corrected chi connectivity index (χ1v) is 1.86. The molecule has 6 heavy (non-hydrogen) atoms. The van der Waals surface area contributed by atoms with Gasteiger partial charge < -0.3 is 9.84 Å². The second kappa shape index (κ2) is 1.30.